The van der Waals surface area contributed by atoms with Gasteiger partial charge in [-0.2, -0.15) is 0 Å². The van der Waals surface area contributed by atoms with Gasteiger partial charge in [0.2, 0.25) is 0 Å². The Balaban J connectivity index is 1.70. The van der Waals surface area contributed by atoms with E-state index in [1.807, 2.05) is 19.1 Å². The van der Waals surface area contributed by atoms with Crippen molar-refractivity contribution in [2.24, 2.45) is 17.4 Å². The van der Waals surface area contributed by atoms with E-state index in [0.29, 0.717) is 17.5 Å². The first-order chi connectivity index (χ1) is 16.6. The van der Waals surface area contributed by atoms with Gasteiger partial charge in [-0.1, -0.05) is 32.0 Å². The van der Waals surface area contributed by atoms with E-state index in [1.54, 1.807) is 6.07 Å². The number of anilines is 1. The molecule has 1 aliphatic carbocycles. The van der Waals surface area contributed by atoms with Crippen LogP contribution < -0.4 is 22.1 Å². The van der Waals surface area contributed by atoms with Crippen LogP contribution in [0.3, 0.4) is 0 Å². The molecule has 0 radical (unpaired) electrons. The third kappa shape index (κ3) is 7.53. The van der Waals surface area contributed by atoms with E-state index in [4.69, 9.17) is 16.2 Å². The average molecular weight is 501 g/mol. The highest BCUT2D eigenvalue weighted by atomic mass is 32.1. The minimum atomic E-state index is -0.751. The van der Waals surface area contributed by atoms with Gasteiger partial charge >= 0.3 is 12.0 Å². The molecular weight excluding hydrogens is 464 g/mol. The second-order valence-electron chi connectivity index (χ2n) is 9.58. The number of hydrogen-bond donors (Lipinski definition) is 4. The summed E-state index contributed by atoms with van der Waals surface area (Å²) in [5.74, 6) is -0.410. The minimum absolute atomic E-state index is 0.0583. The summed E-state index contributed by atoms with van der Waals surface area (Å²) in [5.41, 5.74) is 14.1. The first-order valence-corrected chi connectivity index (χ1v) is 13.0. The molecule has 0 spiro atoms. The number of urea groups is 1. The fourth-order valence-corrected chi connectivity index (χ4v) is 5.45. The Kier molecular flexibility index (Phi) is 9.28. The van der Waals surface area contributed by atoms with Gasteiger partial charge < -0.3 is 21.5 Å². The molecule has 35 heavy (non-hydrogen) atoms. The van der Waals surface area contributed by atoms with Crippen LogP contribution >= 0.6 is 11.3 Å². The molecule has 6 N–H and O–H groups in total. The summed E-state index contributed by atoms with van der Waals surface area (Å²) < 4.78 is 5.76. The number of nitrogens with one attached hydrogen (secondary N) is 2. The SMILES string of the molecule is Cc1ccc(-c2cc(C(N)=O)c(NC(N)=O)s2)cc1CCN[C@H](CC(C)C)C(=O)OC1CCCC1. The zero-order valence-corrected chi connectivity index (χ0v) is 21.5. The third-order valence-electron chi connectivity index (χ3n) is 6.23. The van der Waals surface area contributed by atoms with Gasteiger partial charge in [-0.15, -0.1) is 11.3 Å². The molecular formula is C26H36N4O4S. The Morgan fingerprint density at radius 1 is 1.14 bits per heavy atom. The average Bonchev–Trinajstić information content (AvgIpc) is 3.43. The lowest BCUT2D eigenvalue weighted by molar-refractivity contribution is -0.151. The molecule has 9 heteroatoms. The van der Waals surface area contributed by atoms with Crippen LogP contribution in [0.4, 0.5) is 9.80 Å². The van der Waals surface area contributed by atoms with Crippen molar-refractivity contribution in [3.05, 3.63) is 41.0 Å². The van der Waals surface area contributed by atoms with Gasteiger partial charge in [0.15, 0.2) is 0 Å². The molecule has 1 heterocycles. The van der Waals surface area contributed by atoms with Crippen molar-refractivity contribution in [2.45, 2.75) is 71.4 Å². The van der Waals surface area contributed by atoms with E-state index < -0.39 is 11.9 Å². The zero-order valence-electron chi connectivity index (χ0n) is 20.7. The summed E-state index contributed by atoms with van der Waals surface area (Å²) in [6.45, 7) is 6.89. The van der Waals surface area contributed by atoms with Gasteiger partial charge in [-0.3, -0.25) is 14.9 Å². The number of ether oxygens (including phenoxy) is 1. The number of carbonyl (C=O) groups is 3. The molecule has 2 aromatic rings. The maximum atomic E-state index is 12.8. The van der Waals surface area contributed by atoms with E-state index >= 15 is 0 Å². The molecule has 1 aromatic carbocycles. The van der Waals surface area contributed by atoms with Gasteiger partial charge in [0.25, 0.3) is 5.91 Å². The van der Waals surface area contributed by atoms with Crippen molar-refractivity contribution < 1.29 is 19.1 Å². The van der Waals surface area contributed by atoms with E-state index in [-0.39, 0.29) is 23.7 Å². The predicted molar refractivity (Wildman–Crippen MR) is 140 cm³/mol. The van der Waals surface area contributed by atoms with Crippen molar-refractivity contribution in [3.8, 4) is 10.4 Å². The summed E-state index contributed by atoms with van der Waals surface area (Å²) >= 11 is 1.25. The lowest BCUT2D eigenvalue weighted by atomic mass is 10.00. The number of hydrogen-bond acceptors (Lipinski definition) is 6. The molecule has 1 atom stereocenters. The fourth-order valence-electron chi connectivity index (χ4n) is 4.38. The van der Waals surface area contributed by atoms with Crippen molar-refractivity contribution >= 4 is 34.2 Å². The molecule has 0 saturated heterocycles. The van der Waals surface area contributed by atoms with Gasteiger partial charge in [-0.25, -0.2) is 4.79 Å². The molecule has 0 unspecified atom stereocenters. The lowest BCUT2D eigenvalue weighted by Gasteiger charge is -2.22. The van der Waals surface area contributed by atoms with E-state index in [0.717, 1.165) is 60.1 Å². The molecule has 0 bridgehead atoms. The molecule has 3 amide bonds. The van der Waals surface area contributed by atoms with Gasteiger partial charge in [-0.05, 0) is 80.7 Å². The summed E-state index contributed by atoms with van der Waals surface area (Å²) in [5, 5.41) is 6.22. The molecule has 3 rings (SSSR count). The number of nitrogens with two attached hydrogens (primary N) is 2. The van der Waals surface area contributed by atoms with Gasteiger partial charge in [0.05, 0.1) is 5.56 Å². The Morgan fingerprint density at radius 2 is 1.86 bits per heavy atom. The third-order valence-corrected chi connectivity index (χ3v) is 7.33. The number of carbonyl (C=O) groups excluding carboxylic acids is 3. The number of thiophene rings is 1. The Morgan fingerprint density at radius 3 is 2.49 bits per heavy atom. The van der Waals surface area contributed by atoms with Crippen LogP contribution in [0.2, 0.25) is 0 Å². The number of primary amides is 2. The van der Waals surface area contributed by atoms with Crippen LogP contribution in [0.25, 0.3) is 10.4 Å². The normalized spacial score (nSPS) is 14.7. The second kappa shape index (κ2) is 12.2. The van der Waals surface area contributed by atoms with Crippen LogP contribution in [0, 0.1) is 12.8 Å². The Hall–Kier alpha value is -2.91. The molecule has 1 fully saturated rings. The van der Waals surface area contributed by atoms with E-state index in [2.05, 4.69) is 30.5 Å². The van der Waals surface area contributed by atoms with Crippen LogP contribution in [0.5, 0.6) is 0 Å². The predicted octanol–water partition coefficient (Wildman–Crippen LogP) is 4.35. The van der Waals surface area contributed by atoms with Crippen LogP contribution in [-0.4, -0.2) is 36.6 Å². The van der Waals surface area contributed by atoms with Gasteiger partial charge in [0.1, 0.15) is 17.1 Å². The standard InChI is InChI=1S/C26H36N4O4S/c1-15(2)12-21(25(32)34-19-6-4-5-7-19)29-11-10-17-13-18(9-8-16(17)3)22-14-20(23(27)31)24(35-22)30-26(28)33/h8-9,13-15,19,21,29H,4-7,10-12H2,1-3H3,(H2,27,31)(H3,28,30,33)/t21-/m1/s1. The number of benzene rings is 1. The molecule has 1 aromatic heterocycles. The summed E-state index contributed by atoms with van der Waals surface area (Å²) in [4.78, 5) is 36.7. The second-order valence-corrected chi connectivity index (χ2v) is 10.6. The highest BCUT2D eigenvalue weighted by molar-refractivity contribution is 7.20. The lowest BCUT2D eigenvalue weighted by Crippen LogP contribution is -2.41. The quantitative estimate of drug-likeness (QED) is 0.340. The molecule has 1 saturated carbocycles. The first-order valence-electron chi connectivity index (χ1n) is 12.2. The van der Waals surface area contributed by atoms with E-state index in [1.165, 1.54) is 11.3 Å². The van der Waals surface area contributed by atoms with E-state index in [9.17, 15) is 14.4 Å². The van der Waals surface area contributed by atoms with Crippen molar-refractivity contribution in [2.75, 3.05) is 11.9 Å². The largest absolute Gasteiger partial charge is 0.461 e. The molecule has 8 nitrogen and oxygen atoms in total. The number of esters is 1. The fraction of sp³-hybridized carbons (Fsp3) is 0.500. The van der Waals surface area contributed by atoms with Gasteiger partial charge in [0, 0.05) is 4.88 Å². The molecule has 0 aliphatic heterocycles. The number of amides is 3. The zero-order chi connectivity index (χ0) is 25.5. The Labute approximate surface area is 210 Å². The summed E-state index contributed by atoms with van der Waals surface area (Å²) in [6, 6.07) is 6.65. The molecule has 1 aliphatic rings. The van der Waals surface area contributed by atoms with Crippen LogP contribution in [0.15, 0.2) is 24.3 Å². The van der Waals surface area contributed by atoms with Crippen LogP contribution in [0.1, 0.15) is 67.4 Å². The maximum Gasteiger partial charge on any atom is 0.323 e. The summed E-state index contributed by atoms with van der Waals surface area (Å²) in [6.07, 6.45) is 5.69. The number of aryl methyl sites for hydroxylation is 1. The maximum absolute atomic E-state index is 12.8. The molecule has 190 valence electrons. The summed E-state index contributed by atoms with van der Waals surface area (Å²) in [7, 11) is 0. The topological polar surface area (TPSA) is 137 Å². The smallest absolute Gasteiger partial charge is 0.323 e. The van der Waals surface area contributed by atoms with Crippen LogP contribution in [-0.2, 0) is 16.0 Å². The number of rotatable bonds is 11. The monoisotopic (exact) mass is 500 g/mol. The first kappa shape index (κ1) is 26.7. The Bertz CT molecular complexity index is 1060. The van der Waals surface area contributed by atoms with Crippen molar-refractivity contribution in [3.63, 3.8) is 0 Å². The minimum Gasteiger partial charge on any atom is -0.461 e. The highest BCUT2D eigenvalue weighted by Gasteiger charge is 2.26. The highest BCUT2D eigenvalue weighted by Crippen LogP contribution is 2.36. The van der Waals surface area contributed by atoms with Crippen molar-refractivity contribution in [1.82, 2.24) is 5.32 Å². The van der Waals surface area contributed by atoms with Crippen molar-refractivity contribution in [1.29, 1.82) is 0 Å².